The molecule has 1 aliphatic heterocycles. The van der Waals surface area contributed by atoms with Crippen LogP contribution in [0.4, 0.5) is 0 Å². The Bertz CT molecular complexity index is 197. The number of rotatable bonds is 1. The molecule has 2 aliphatic carbocycles. The maximum Gasteiger partial charge on any atom is 0.0462 e. The minimum absolute atomic E-state index is 0.431. The number of hydrogen-bond acceptors (Lipinski definition) is 4. The molecule has 2 bridgehead atoms. The lowest BCUT2D eigenvalue weighted by molar-refractivity contribution is 0.182. The molecule has 0 amide bonds. The normalized spacial score (nSPS) is 56.2. The second-order valence-electron chi connectivity index (χ2n) is 4.03. The van der Waals surface area contributed by atoms with Crippen molar-refractivity contribution in [2.24, 2.45) is 17.8 Å². The third kappa shape index (κ3) is 1.01. The quantitative estimate of drug-likeness (QED) is 0.684. The fraction of sp³-hybridized carbons (Fsp3) is 1.00. The second kappa shape index (κ2) is 3.01. The predicted octanol–water partition coefficient (Wildman–Crippen LogP) is 2.42. The van der Waals surface area contributed by atoms with E-state index in [0.29, 0.717) is 12.5 Å². The minimum atomic E-state index is 0.431. The van der Waals surface area contributed by atoms with Crippen LogP contribution in [0.5, 0.6) is 0 Å². The third-order valence-corrected chi connectivity index (χ3v) is 8.85. The van der Waals surface area contributed by atoms with E-state index >= 15 is 0 Å². The molecule has 3 rings (SSSR count). The van der Waals surface area contributed by atoms with Crippen LogP contribution in [0.3, 0.4) is 0 Å². The molecule has 4 heteroatoms. The van der Waals surface area contributed by atoms with E-state index in [1.165, 1.54) is 12.8 Å². The largest absolute Gasteiger partial charge is 0.396 e. The Balaban J connectivity index is 1.83. The lowest BCUT2D eigenvalue weighted by atomic mass is 9.89. The zero-order valence-corrected chi connectivity index (χ0v) is 9.13. The van der Waals surface area contributed by atoms with Gasteiger partial charge in [0.15, 0.2) is 0 Å². The Labute approximate surface area is 84.2 Å². The van der Waals surface area contributed by atoms with Gasteiger partial charge in [0, 0.05) is 17.1 Å². The van der Waals surface area contributed by atoms with Gasteiger partial charge in [0.1, 0.15) is 0 Å². The Hall–Kier alpha value is 1.01. The van der Waals surface area contributed by atoms with Crippen molar-refractivity contribution in [3.05, 3.63) is 0 Å². The summed E-state index contributed by atoms with van der Waals surface area (Å²) in [6.45, 7) is 0.431. The molecule has 5 atom stereocenters. The summed E-state index contributed by atoms with van der Waals surface area (Å²) >= 11 is 0. The van der Waals surface area contributed by atoms with E-state index in [1.54, 1.807) is 0 Å². The molecular weight excluding hydrogens is 208 g/mol. The first-order chi connectivity index (χ1) is 5.90. The number of hydrogen-bond donors (Lipinski definition) is 1. The zero-order valence-electron chi connectivity index (χ0n) is 6.68. The molecule has 1 nitrogen and oxygen atoms in total. The molecule has 0 aromatic carbocycles. The van der Waals surface area contributed by atoms with Gasteiger partial charge in [-0.1, -0.05) is 21.6 Å². The van der Waals surface area contributed by atoms with Crippen molar-refractivity contribution in [2.45, 2.75) is 23.3 Å². The average Bonchev–Trinajstić information content (AvgIpc) is 2.75. The van der Waals surface area contributed by atoms with E-state index in [2.05, 4.69) is 21.6 Å². The topological polar surface area (TPSA) is 20.2 Å². The molecule has 2 saturated carbocycles. The lowest BCUT2D eigenvalue weighted by Crippen LogP contribution is -2.31. The third-order valence-electron chi connectivity index (χ3n) is 3.53. The molecule has 3 fully saturated rings. The molecule has 0 radical (unpaired) electrons. The first kappa shape index (κ1) is 8.33. The summed E-state index contributed by atoms with van der Waals surface area (Å²) in [7, 11) is 6.13. The smallest absolute Gasteiger partial charge is 0.0462 e. The van der Waals surface area contributed by atoms with Gasteiger partial charge in [-0.3, -0.25) is 0 Å². The van der Waals surface area contributed by atoms with Crippen molar-refractivity contribution in [2.75, 3.05) is 6.61 Å². The summed E-state index contributed by atoms with van der Waals surface area (Å²) in [6, 6.07) is 0. The van der Waals surface area contributed by atoms with E-state index in [0.717, 1.165) is 22.3 Å². The van der Waals surface area contributed by atoms with Crippen LogP contribution in [0.15, 0.2) is 0 Å². The molecule has 5 unspecified atom stereocenters. The fourth-order valence-electron chi connectivity index (χ4n) is 2.97. The van der Waals surface area contributed by atoms with Gasteiger partial charge in [-0.15, -0.1) is 0 Å². The summed E-state index contributed by atoms with van der Waals surface area (Å²) in [5, 5.41) is 11.0. The second-order valence-corrected chi connectivity index (χ2v) is 8.43. The van der Waals surface area contributed by atoms with Gasteiger partial charge in [0.2, 0.25) is 0 Å². The molecule has 1 saturated heterocycles. The summed E-state index contributed by atoms with van der Waals surface area (Å²) in [4.78, 5) is 0. The number of aliphatic hydroxyl groups excluding tert-OH is 1. The van der Waals surface area contributed by atoms with Crippen LogP contribution in [0.2, 0.25) is 0 Å². The lowest BCUT2D eigenvalue weighted by Gasteiger charge is -2.27. The SMILES string of the molecule is OCC1CC2CC1C1SSSC21. The fourth-order valence-corrected chi connectivity index (χ4v) is 9.79. The number of fused-ring (bicyclic) bond motifs is 5. The van der Waals surface area contributed by atoms with Gasteiger partial charge >= 0.3 is 0 Å². The zero-order chi connectivity index (χ0) is 8.13. The van der Waals surface area contributed by atoms with Crippen LogP contribution in [0.1, 0.15) is 12.8 Å². The van der Waals surface area contributed by atoms with E-state index in [9.17, 15) is 5.11 Å². The molecule has 1 heterocycles. The van der Waals surface area contributed by atoms with Crippen molar-refractivity contribution in [3.63, 3.8) is 0 Å². The highest BCUT2D eigenvalue weighted by Gasteiger charge is 2.55. The van der Waals surface area contributed by atoms with Crippen LogP contribution < -0.4 is 0 Å². The van der Waals surface area contributed by atoms with Crippen molar-refractivity contribution in [1.29, 1.82) is 0 Å². The van der Waals surface area contributed by atoms with Crippen LogP contribution in [0, 0.1) is 17.8 Å². The molecule has 68 valence electrons. The summed E-state index contributed by atoms with van der Waals surface area (Å²) in [5.41, 5.74) is 0. The Morgan fingerprint density at radius 1 is 1.17 bits per heavy atom. The summed E-state index contributed by atoms with van der Waals surface area (Å²) in [5.74, 6) is 2.42. The highest BCUT2D eigenvalue weighted by Crippen LogP contribution is 2.67. The van der Waals surface area contributed by atoms with Gasteiger partial charge in [0.05, 0.1) is 0 Å². The van der Waals surface area contributed by atoms with E-state index < -0.39 is 0 Å². The van der Waals surface area contributed by atoms with Crippen molar-refractivity contribution >= 4 is 31.4 Å². The van der Waals surface area contributed by atoms with Crippen molar-refractivity contribution in [3.8, 4) is 0 Å². The first-order valence-corrected chi connectivity index (χ1v) is 8.11. The summed E-state index contributed by atoms with van der Waals surface area (Å²) in [6.07, 6.45) is 2.71. The molecule has 12 heavy (non-hydrogen) atoms. The minimum Gasteiger partial charge on any atom is -0.396 e. The Morgan fingerprint density at radius 2 is 2.00 bits per heavy atom. The van der Waals surface area contributed by atoms with E-state index in [-0.39, 0.29) is 0 Å². The molecule has 0 aromatic heterocycles. The van der Waals surface area contributed by atoms with Crippen molar-refractivity contribution < 1.29 is 5.11 Å². The highest BCUT2D eigenvalue weighted by atomic mass is 33.5. The van der Waals surface area contributed by atoms with Gasteiger partial charge in [0.25, 0.3) is 0 Å². The average molecular weight is 220 g/mol. The molecule has 3 aliphatic rings. The molecular formula is C8H12OS3. The van der Waals surface area contributed by atoms with Crippen LogP contribution in [0.25, 0.3) is 0 Å². The standard InChI is InChI=1S/C8H12OS3/c9-3-5-1-4-2-6(5)8-7(4)10-12-11-8/h4-9H,1-3H2. The van der Waals surface area contributed by atoms with Crippen molar-refractivity contribution in [1.82, 2.24) is 0 Å². The van der Waals surface area contributed by atoms with Gasteiger partial charge < -0.3 is 5.11 Å². The predicted molar refractivity (Wildman–Crippen MR) is 57.1 cm³/mol. The molecule has 0 aromatic rings. The van der Waals surface area contributed by atoms with Crippen LogP contribution in [-0.4, -0.2) is 22.2 Å². The summed E-state index contributed by atoms with van der Waals surface area (Å²) < 4.78 is 0. The monoisotopic (exact) mass is 220 g/mol. The Kier molecular flexibility index (Phi) is 2.09. The van der Waals surface area contributed by atoms with E-state index in [4.69, 9.17) is 0 Å². The van der Waals surface area contributed by atoms with Crippen LogP contribution in [-0.2, 0) is 0 Å². The first-order valence-electron chi connectivity index (χ1n) is 4.50. The molecule has 0 spiro atoms. The van der Waals surface area contributed by atoms with Gasteiger partial charge in [-0.05, 0) is 40.4 Å². The van der Waals surface area contributed by atoms with Gasteiger partial charge in [-0.2, -0.15) is 0 Å². The maximum atomic E-state index is 9.19. The number of aliphatic hydroxyl groups is 1. The van der Waals surface area contributed by atoms with E-state index in [1.807, 2.05) is 9.83 Å². The Morgan fingerprint density at radius 3 is 2.83 bits per heavy atom. The molecule has 1 N–H and O–H groups in total. The maximum absolute atomic E-state index is 9.19. The van der Waals surface area contributed by atoms with Gasteiger partial charge in [-0.25, -0.2) is 0 Å². The van der Waals surface area contributed by atoms with Crippen LogP contribution >= 0.6 is 31.4 Å². The highest BCUT2D eigenvalue weighted by molar-refractivity contribution is 9.11.